The molecule has 23 heavy (non-hydrogen) atoms. The summed E-state index contributed by atoms with van der Waals surface area (Å²) in [7, 11) is 3.13. The van der Waals surface area contributed by atoms with Gasteiger partial charge in [-0.15, -0.1) is 0 Å². The number of ketones is 1. The summed E-state index contributed by atoms with van der Waals surface area (Å²) in [5.74, 6) is -0.485. The van der Waals surface area contributed by atoms with Crippen LogP contribution in [0.15, 0.2) is 42.5 Å². The van der Waals surface area contributed by atoms with Gasteiger partial charge in [0.15, 0.2) is 0 Å². The molecule has 0 N–H and O–H groups in total. The van der Waals surface area contributed by atoms with Crippen LogP contribution in [0, 0.1) is 6.92 Å². The summed E-state index contributed by atoms with van der Waals surface area (Å²) in [5, 5.41) is 0.548. The monoisotopic (exact) mass is 331 g/mol. The number of benzene rings is 2. The maximum absolute atomic E-state index is 12.3. The first-order valence-corrected chi connectivity index (χ1v) is 7.49. The van der Waals surface area contributed by atoms with E-state index in [2.05, 4.69) is 0 Å². The molecule has 120 valence electrons. The minimum atomic E-state index is -0.573. The largest absolute Gasteiger partial charge is 0.496 e. The van der Waals surface area contributed by atoms with Crippen LogP contribution in [0.1, 0.15) is 21.5 Å². The van der Waals surface area contributed by atoms with Gasteiger partial charge < -0.3 is 9.64 Å². The van der Waals surface area contributed by atoms with Crippen LogP contribution in [0.2, 0.25) is 5.02 Å². The molecule has 1 amide bonds. The SMILES string of the molecule is COc1ccc(Cl)cc1CN(C)C(=O)C(=O)c1ccc(C)cc1. The molecule has 0 aliphatic carbocycles. The molecule has 4 nitrogen and oxygen atoms in total. The molecule has 0 aliphatic rings. The Morgan fingerprint density at radius 3 is 2.39 bits per heavy atom. The molecule has 0 radical (unpaired) electrons. The first kappa shape index (κ1) is 17.0. The van der Waals surface area contributed by atoms with Gasteiger partial charge in [-0.2, -0.15) is 0 Å². The summed E-state index contributed by atoms with van der Waals surface area (Å²) in [6.45, 7) is 2.16. The lowest BCUT2D eigenvalue weighted by atomic mass is 10.1. The third kappa shape index (κ3) is 4.11. The van der Waals surface area contributed by atoms with E-state index in [9.17, 15) is 9.59 Å². The van der Waals surface area contributed by atoms with E-state index in [4.69, 9.17) is 16.3 Å². The number of hydrogen-bond donors (Lipinski definition) is 0. The van der Waals surface area contributed by atoms with E-state index in [1.165, 1.54) is 4.90 Å². The minimum Gasteiger partial charge on any atom is -0.496 e. The van der Waals surface area contributed by atoms with Gasteiger partial charge in [0, 0.05) is 29.7 Å². The standard InChI is InChI=1S/C18H18ClNO3/c1-12-4-6-13(7-5-12)17(21)18(22)20(2)11-14-10-15(19)8-9-16(14)23-3/h4-10H,11H2,1-3H3. The fourth-order valence-electron chi connectivity index (χ4n) is 2.20. The van der Waals surface area contributed by atoms with Crippen molar-refractivity contribution in [2.75, 3.05) is 14.2 Å². The predicted octanol–water partition coefficient (Wildman–Crippen LogP) is 3.50. The first-order valence-electron chi connectivity index (χ1n) is 7.11. The van der Waals surface area contributed by atoms with E-state index in [-0.39, 0.29) is 6.54 Å². The normalized spacial score (nSPS) is 10.3. The van der Waals surface area contributed by atoms with Crippen molar-refractivity contribution in [1.29, 1.82) is 0 Å². The predicted molar refractivity (Wildman–Crippen MR) is 90.0 cm³/mol. The van der Waals surface area contributed by atoms with Crippen LogP contribution in [-0.4, -0.2) is 30.7 Å². The number of rotatable bonds is 5. The number of carbonyl (C=O) groups is 2. The Morgan fingerprint density at radius 2 is 1.78 bits per heavy atom. The van der Waals surface area contributed by atoms with E-state index in [1.807, 2.05) is 6.92 Å². The molecule has 5 heteroatoms. The summed E-state index contributed by atoms with van der Waals surface area (Å²) in [6, 6.07) is 12.1. The Bertz CT molecular complexity index is 726. The van der Waals surface area contributed by atoms with Crippen molar-refractivity contribution in [3.05, 3.63) is 64.2 Å². The molecule has 0 fully saturated rings. The molecule has 2 aromatic rings. The maximum atomic E-state index is 12.3. The van der Waals surface area contributed by atoms with Gasteiger partial charge in [-0.3, -0.25) is 9.59 Å². The molecule has 0 spiro atoms. The van der Waals surface area contributed by atoms with Crippen LogP contribution in [0.3, 0.4) is 0 Å². The number of carbonyl (C=O) groups excluding carboxylic acids is 2. The first-order chi connectivity index (χ1) is 10.9. The van der Waals surface area contributed by atoms with Gasteiger partial charge in [-0.1, -0.05) is 41.4 Å². The summed E-state index contributed by atoms with van der Waals surface area (Å²) >= 11 is 5.98. The number of likely N-dealkylation sites (N-methyl/N-ethyl adjacent to an activating group) is 1. The van der Waals surface area contributed by atoms with Gasteiger partial charge in [0.05, 0.1) is 7.11 Å². The Kier molecular flexibility index (Phi) is 5.40. The highest BCUT2D eigenvalue weighted by molar-refractivity contribution is 6.42. The number of ether oxygens (including phenoxy) is 1. The van der Waals surface area contributed by atoms with Crippen LogP contribution in [-0.2, 0) is 11.3 Å². The van der Waals surface area contributed by atoms with E-state index in [0.717, 1.165) is 11.1 Å². The topological polar surface area (TPSA) is 46.6 Å². The molecule has 0 heterocycles. The van der Waals surface area contributed by atoms with Gasteiger partial charge in [0.1, 0.15) is 5.75 Å². The number of Topliss-reactive ketones (excluding diaryl/α,β-unsaturated/α-hetero) is 1. The molecule has 0 bridgehead atoms. The quantitative estimate of drug-likeness (QED) is 0.622. The van der Waals surface area contributed by atoms with Crippen molar-refractivity contribution < 1.29 is 14.3 Å². The molecule has 0 aromatic heterocycles. The summed E-state index contributed by atoms with van der Waals surface area (Å²) in [4.78, 5) is 25.9. The van der Waals surface area contributed by atoms with E-state index >= 15 is 0 Å². The summed E-state index contributed by atoms with van der Waals surface area (Å²) < 4.78 is 5.26. The number of hydrogen-bond acceptors (Lipinski definition) is 3. The van der Waals surface area contributed by atoms with Gasteiger partial charge in [-0.05, 0) is 25.1 Å². The Hall–Kier alpha value is -2.33. The lowest BCUT2D eigenvalue weighted by Gasteiger charge is -2.18. The molecular formula is C18H18ClNO3. The van der Waals surface area contributed by atoms with Crippen molar-refractivity contribution in [2.45, 2.75) is 13.5 Å². The van der Waals surface area contributed by atoms with Gasteiger partial charge in [-0.25, -0.2) is 0 Å². The van der Waals surface area contributed by atoms with Crippen molar-refractivity contribution in [2.24, 2.45) is 0 Å². The average Bonchev–Trinajstić information content (AvgIpc) is 2.54. The van der Waals surface area contributed by atoms with E-state index in [0.29, 0.717) is 16.3 Å². The zero-order valence-corrected chi connectivity index (χ0v) is 14.1. The van der Waals surface area contributed by atoms with Crippen LogP contribution in [0.5, 0.6) is 5.75 Å². The smallest absolute Gasteiger partial charge is 0.295 e. The minimum absolute atomic E-state index is 0.236. The van der Waals surface area contributed by atoms with Crippen molar-refractivity contribution in [3.63, 3.8) is 0 Å². The fourth-order valence-corrected chi connectivity index (χ4v) is 2.39. The van der Waals surface area contributed by atoms with Gasteiger partial charge in [0.25, 0.3) is 5.91 Å². The third-order valence-corrected chi connectivity index (χ3v) is 3.74. The number of halogens is 1. The molecule has 2 rings (SSSR count). The molecule has 0 saturated heterocycles. The summed E-state index contributed by atoms with van der Waals surface area (Å²) in [5.41, 5.74) is 2.16. The Balaban J connectivity index is 2.15. The molecule has 0 saturated carbocycles. The third-order valence-electron chi connectivity index (χ3n) is 3.50. The lowest BCUT2D eigenvalue weighted by Crippen LogP contribution is -2.33. The second kappa shape index (κ2) is 7.29. The van der Waals surface area contributed by atoms with Crippen LogP contribution < -0.4 is 4.74 Å². The van der Waals surface area contributed by atoms with Crippen LogP contribution >= 0.6 is 11.6 Å². The van der Waals surface area contributed by atoms with Crippen LogP contribution in [0.25, 0.3) is 0 Å². The van der Waals surface area contributed by atoms with Crippen LogP contribution in [0.4, 0.5) is 0 Å². The number of amides is 1. The molecule has 0 atom stereocenters. The number of aryl methyl sites for hydroxylation is 1. The second-order valence-corrected chi connectivity index (χ2v) is 5.75. The fraction of sp³-hybridized carbons (Fsp3) is 0.222. The Morgan fingerprint density at radius 1 is 1.13 bits per heavy atom. The van der Waals surface area contributed by atoms with E-state index < -0.39 is 11.7 Å². The van der Waals surface area contributed by atoms with E-state index in [1.54, 1.807) is 56.6 Å². The zero-order chi connectivity index (χ0) is 17.0. The highest BCUT2D eigenvalue weighted by atomic mass is 35.5. The highest BCUT2D eigenvalue weighted by Gasteiger charge is 2.21. The number of nitrogens with zero attached hydrogens (tertiary/aromatic N) is 1. The summed E-state index contributed by atoms with van der Waals surface area (Å²) in [6.07, 6.45) is 0. The van der Waals surface area contributed by atoms with Crippen molar-refractivity contribution >= 4 is 23.3 Å². The second-order valence-electron chi connectivity index (χ2n) is 5.31. The molecule has 0 unspecified atom stereocenters. The van der Waals surface area contributed by atoms with Gasteiger partial charge in [0.2, 0.25) is 5.78 Å². The number of methoxy groups -OCH3 is 1. The molecule has 0 aliphatic heterocycles. The maximum Gasteiger partial charge on any atom is 0.295 e. The molecular weight excluding hydrogens is 314 g/mol. The highest BCUT2D eigenvalue weighted by Crippen LogP contribution is 2.24. The average molecular weight is 332 g/mol. The molecule has 2 aromatic carbocycles. The van der Waals surface area contributed by atoms with Crippen molar-refractivity contribution in [3.8, 4) is 5.75 Å². The Labute approximate surface area is 140 Å². The van der Waals surface area contributed by atoms with Gasteiger partial charge >= 0.3 is 0 Å². The lowest BCUT2D eigenvalue weighted by molar-refractivity contribution is -0.125. The van der Waals surface area contributed by atoms with Crippen molar-refractivity contribution in [1.82, 2.24) is 4.90 Å². The zero-order valence-electron chi connectivity index (χ0n) is 13.3.